The lowest BCUT2D eigenvalue weighted by molar-refractivity contribution is 0.0904. The topological polar surface area (TPSA) is 50.4 Å². The first-order valence-corrected chi connectivity index (χ1v) is 7.91. The molecule has 1 N–H and O–H groups in total. The monoisotopic (exact) mass is 336 g/mol. The Morgan fingerprint density at radius 2 is 1.75 bits per heavy atom. The van der Waals surface area contributed by atoms with Crippen LogP contribution in [0.1, 0.15) is 10.4 Å². The molecule has 3 nitrogen and oxygen atoms in total. The van der Waals surface area contributed by atoms with Gasteiger partial charge in [-0.25, -0.2) is 0 Å². The van der Waals surface area contributed by atoms with Gasteiger partial charge in [0.1, 0.15) is 17.8 Å². The molecule has 3 aromatic carbocycles. The van der Waals surface area contributed by atoms with Crippen LogP contribution in [-0.2, 0) is 0 Å². The van der Waals surface area contributed by atoms with Gasteiger partial charge < -0.3 is 9.52 Å². The van der Waals surface area contributed by atoms with Crippen molar-refractivity contribution in [3.63, 3.8) is 0 Å². The van der Waals surface area contributed by atoms with Gasteiger partial charge in [0.25, 0.3) is 0 Å². The van der Waals surface area contributed by atoms with Crippen LogP contribution in [0.5, 0.6) is 0 Å². The molecule has 118 valence electrons. The van der Waals surface area contributed by atoms with Gasteiger partial charge in [-0.15, -0.1) is 0 Å². The van der Waals surface area contributed by atoms with E-state index < -0.39 is 6.61 Å². The van der Waals surface area contributed by atoms with Gasteiger partial charge in [0, 0.05) is 26.9 Å². The summed E-state index contributed by atoms with van der Waals surface area (Å²) in [7, 11) is 0. The fraction of sp³-hybridized carbons (Fsp3) is 0.0500. The Morgan fingerprint density at radius 1 is 0.958 bits per heavy atom. The second-order valence-electron chi connectivity index (χ2n) is 5.55. The fourth-order valence-electron chi connectivity index (χ4n) is 3.03. The van der Waals surface area contributed by atoms with Gasteiger partial charge in [0.2, 0.25) is 0 Å². The van der Waals surface area contributed by atoms with Crippen molar-refractivity contribution >= 4 is 39.3 Å². The Bertz CT molecular complexity index is 1080. The molecule has 1 heterocycles. The molecule has 0 aliphatic heterocycles. The number of ketones is 1. The molecule has 0 atom stereocenters. The summed E-state index contributed by atoms with van der Waals surface area (Å²) >= 11 is 6.03. The molecule has 24 heavy (non-hydrogen) atoms. The van der Waals surface area contributed by atoms with Crippen LogP contribution in [0.15, 0.2) is 65.1 Å². The van der Waals surface area contributed by atoms with Gasteiger partial charge in [0.15, 0.2) is 5.78 Å². The second-order valence-corrected chi connectivity index (χ2v) is 5.99. The Hall–Kier alpha value is -2.62. The number of benzene rings is 3. The zero-order valence-electron chi connectivity index (χ0n) is 12.6. The molecule has 4 rings (SSSR count). The lowest BCUT2D eigenvalue weighted by Crippen LogP contribution is -2.06. The third-order valence-corrected chi connectivity index (χ3v) is 4.36. The van der Waals surface area contributed by atoms with Crippen LogP contribution in [0.25, 0.3) is 33.1 Å². The summed E-state index contributed by atoms with van der Waals surface area (Å²) in [4.78, 5) is 12.1. The highest BCUT2D eigenvalue weighted by Crippen LogP contribution is 2.37. The number of aliphatic hydroxyl groups excluding tert-OH is 1. The van der Waals surface area contributed by atoms with Crippen molar-refractivity contribution in [3.05, 3.63) is 71.2 Å². The summed E-state index contributed by atoms with van der Waals surface area (Å²) < 4.78 is 6.03. The van der Waals surface area contributed by atoms with Crippen molar-refractivity contribution in [2.45, 2.75) is 0 Å². The Balaban J connectivity index is 2.06. The van der Waals surface area contributed by atoms with Gasteiger partial charge in [-0.1, -0.05) is 54.1 Å². The van der Waals surface area contributed by atoms with Gasteiger partial charge in [0.05, 0.1) is 0 Å². The van der Waals surface area contributed by atoms with Gasteiger partial charge in [-0.2, -0.15) is 0 Å². The maximum Gasteiger partial charge on any atom is 0.188 e. The summed E-state index contributed by atoms with van der Waals surface area (Å²) in [5.41, 5.74) is 3.40. The molecule has 0 unspecified atom stereocenters. The van der Waals surface area contributed by atoms with Crippen LogP contribution in [0.3, 0.4) is 0 Å². The van der Waals surface area contributed by atoms with E-state index in [1.807, 2.05) is 42.5 Å². The van der Waals surface area contributed by atoms with Gasteiger partial charge >= 0.3 is 0 Å². The fourth-order valence-corrected chi connectivity index (χ4v) is 3.20. The zero-order valence-corrected chi connectivity index (χ0v) is 13.4. The van der Waals surface area contributed by atoms with Crippen molar-refractivity contribution < 1.29 is 14.3 Å². The lowest BCUT2D eigenvalue weighted by Gasteiger charge is -2.09. The molecule has 4 aromatic rings. The first-order chi connectivity index (χ1) is 11.7. The SMILES string of the molecule is O=C(CO)c1cc(Cl)ccc1-c1cccc2c1oc1ccccc12. The summed E-state index contributed by atoms with van der Waals surface area (Å²) in [5, 5.41) is 11.7. The van der Waals surface area contributed by atoms with Crippen molar-refractivity contribution in [3.8, 4) is 11.1 Å². The second kappa shape index (κ2) is 5.78. The molecule has 4 heteroatoms. The number of halogens is 1. The maximum absolute atomic E-state index is 12.1. The molecule has 0 aliphatic rings. The van der Waals surface area contributed by atoms with E-state index in [4.69, 9.17) is 16.0 Å². The number of Topliss-reactive ketones (excluding diaryl/α,β-unsaturated/α-hetero) is 1. The maximum atomic E-state index is 12.1. The van der Waals surface area contributed by atoms with Crippen LogP contribution in [0.2, 0.25) is 5.02 Å². The standard InChI is InChI=1S/C20H13ClO3/c21-12-8-9-13(17(10-12)18(23)11-22)15-5-3-6-16-14-4-1-2-7-19(14)24-20(15)16/h1-10,22H,11H2. The highest BCUT2D eigenvalue weighted by molar-refractivity contribution is 6.31. The summed E-state index contributed by atoms with van der Waals surface area (Å²) in [6.07, 6.45) is 0. The Labute approximate surface area is 143 Å². The normalized spacial score (nSPS) is 11.2. The predicted molar refractivity (Wildman–Crippen MR) is 95.6 cm³/mol. The first kappa shape index (κ1) is 14.9. The zero-order chi connectivity index (χ0) is 16.7. The van der Waals surface area contributed by atoms with Crippen molar-refractivity contribution in [1.82, 2.24) is 0 Å². The third-order valence-electron chi connectivity index (χ3n) is 4.12. The Morgan fingerprint density at radius 3 is 2.58 bits per heavy atom. The number of fused-ring (bicyclic) bond motifs is 3. The smallest absolute Gasteiger partial charge is 0.188 e. The van der Waals surface area contributed by atoms with Crippen molar-refractivity contribution in [1.29, 1.82) is 0 Å². The molecule has 0 fully saturated rings. The number of hydrogen-bond acceptors (Lipinski definition) is 3. The summed E-state index contributed by atoms with van der Waals surface area (Å²) in [5.74, 6) is -0.374. The quantitative estimate of drug-likeness (QED) is 0.531. The van der Waals surface area contributed by atoms with E-state index in [1.165, 1.54) is 0 Å². The molecule has 0 amide bonds. The third kappa shape index (κ3) is 2.30. The van der Waals surface area contributed by atoms with E-state index in [0.717, 1.165) is 21.9 Å². The van der Waals surface area contributed by atoms with E-state index in [0.29, 0.717) is 21.7 Å². The number of aliphatic hydroxyl groups is 1. The van der Waals surface area contributed by atoms with Crippen LogP contribution in [0, 0.1) is 0 Å². The molecule has 0 saturated carbocycles. The Kier molecular flexibility index (Phi) is 3.60. The van der Waals surface area contributed by atoms with E-state index in [9.17, 15) is 9.90 Å². The first-order valence-electron chi connectivity index (χ1n) is 7.53. The average Bonchev–Trinajstić information content (AvgIpc) is 3.00. The lowest BCUT2D eigenvalue weighted by atomic mass is 9.95. The minimum absolute atomic E-state index is 0.374. The van der Waals surface area contributed by atoms with Crippen molar-refractivity contribution in [2.24, 2.45) is 0 Å². The van der Waals surface area contributed by atoms with Gasteiger partial charge in [-0.3, -0.25) is 4.79 Å². The molecule has 1 aromatic heterocycles. The molecule has 0 radical (unpaired) electrons. The van der Waals surface area contributed by atoms with Crippen LogP contribution in [-0.4, -0.2) is 17.5 Å². The van der Waals surface area contributed by atoms with Crippen molar-refractivity contribution in [2.75, 3.05) is 6.61 Å². The molecule has 0 bridgehead atoms. The summed E-state index contributed by atoms with van der Waals surface area (Å²) in [6, 6.07) is 18.7. The minimum atomic E-state index is -0.566. The number of para-hydroxylation sites is 2. The molecule has 0 spiro atoms. The predicted octanol–water partition coefficient (Wildman–Crippen LogP) is 5.08. The van der Waals surface area contributed by atoms with E-state index >= 15 is 0 Å². The van der Waals surface area contributed by atoms with Gasteiger partial charge in [-0.05, 0) is 23.8 Å². The van der Waals surface area contributed by atoms with Crippen LogP contribution < -0.4 is 0 Å². The molecule has 0 saturated heterocycles. The number of rotatable bonds is 3. The van der Waals surface area contributed by atoms with E-state index in [-0.39, 0.29) is 5.78 Å². The molecular formula is C20H13ClO3. The number of carbonyl (C=O) groups excluding carboxylic acids is 1. The van der Waals surface area contributed by atoms with Crippen LogP contribution >= 0.6 is 11.6 Å². The average molecular weight is 337 g/mol. The largest absolute Gasteiger partial charge is 0.455 e. The highest BCUT2D eigenvalue weighted by Gasteiger charge is 2.17. The highest BCUT2D eigenvalue weighted by atomic mass is 35.5. The van der Waals surface area contributed by atoms with Crippen LogP contribution in [0.4, 0.5) is 0 Å². The van der Waals surface area contributed by atoms with E-state index in [2.05, 4.69) is 0 Å². The number of carbonyl (C=O) groups is 1. The number of hydrogen-bond donors (Lipinski definition) is 1. The minimum Gasteiger partial charge on any atom is -0.455 e. The molecular weight excluding hydrogens is 324 g/mol. The summed E-state index contributed by atoms with van der Waals surface area (Å²) in [6.45, 7) is -0.566. The number of furan rings is 1. The van der Waals surface area contributed by atoms with E-state index in [1.54, 1.807) is 18.2 Å². The molecule has 0 aliphatic carbocycles.